The van der Waals surface area contributed by atoms with Gasteiger partial charge in [0, 0.05) is 17.9 Å². The first-order chi connectivity index (χ1) is 26.3. The van der Waals surface area contributed by atoms with Crippen molar-refractivity contribution in [1.82, 2.24) is 0 Å². The quantitative estimate of drug-likeness (QED) is 0.0445. The summed E-state index contributed by atoms with van der Waals surface area (Å²) in [5.74, 6) is -2.71. The van der Waals surface area contributed by atoms with E-state index in [0.717, 1.165) is 38.5 Å². The summed E-state index contributed by atoms with van der Waals surface area (Å²) < 4.78 is 0. The van der Waals surface area contributed by atoms with Crippen LogP contribution in [0.25, 0.3) is 0 Å². The van der Waals surface area contributed by atoms with E-state index in [1.165, 1.54) is 212 Å². The van der Waals surface area contributed by atoms with Crippen LogP contribution in [0.4, 0.5) is 0 Å². The van der Waals surface area contributed by atoms with Crippen LogP contribution in [0.1, 0.15) is 290 Å². The summed E-state index contributed by atoms with van der Waals surface area (Å²) in [7, 11) is 0. The third-order valence-electron chi connectivity index (χ3n) is 10.5. The summed E-state index contributed by atoms with van der Waals surface area (Å²) in [6.45, 7) is 6.77. The molecule has 0 aliphatic rings. The molecule has 0 N–H and O–H groups in total. The van der Waals surface area contributed by atoms with Gasteiger partial charge >= 0.3 is 24.4 Å². The first kappa shape index (κ1) is 60.9. The van der Waals surface area contributed by atoms with Gasteiger partial charge in [-0.2, -0.15) is 0 Å². The van der Waals surface area contributed by atoms with Gasteiger partial charge in [0.25, 0.3) is 0 Å². The molecule has 326 valence electrons. The predicted molar refractivity (Wildman–Crippen MR) is 232 cm³/mol. The first-order valence-corrected chi connectivity index (χ1v) is 23.9. The molecule has 0 unspecified atom stereocenters. The monoisotopic (exact) mass is 887 g/mol. The molecule has 7 heteroatoms. The van der Waals surface area contributed by atoms with Crippen LogP contribution in [0, 0.1) is 0 Å². The van der Waals surface area contributed by atoms with Crippen LogP contribution in [0.3, 0.4) is 0 Å². The molecule has 0 aliphatic carbocycles. The second-order valence-electron chi connectivity index (χ2n) is 16.1. The van der Waals surface area contributed by atoms with Gasteiger partial charge in [-0.3, -0.25) is 0 Å². The molecule has 0 fully saturated rings. The van der Waals surface area contributed by atoms with Crippen molar-refractivity contribution in [2.75, 3.05) is 0 Å². The van der Waals surface area contributed by atoms with Crippen molar-refractivity contribution in [3.63, 3.8) is 0 Å². The van der Waals surface area contributed by atoms with E-state index in [-0.39, 0.29) is 43.7 Å². The van der Waals surface area contributed by atoms with Gasteiger partial charge in [0.1, 0.15) is 0 Å². The van der Waals surface area contributed by atoms with E-state index in [9.17, 15) is 29.7 Å². The number of unbranched alkanes of at least 4 members (excludes halogenated alkanes) is 36. The number of rotatable bonds is 42. The van der Waals surface area contributed by atoms with Crippen LogP contribution in [0.5, 0.6) is 0 Å². The summed E-state index contributed by atoms with van der Waals surface area (Å²) in [6.07, 6.45) is 50.8. The molecule has 0 saturated carbocycles. The number of hydrogen-bond acceptors (Lipinski definition) is 6. The van der Waals surface area contributed by atoms with E-state index in [4.69, 9.17) is 0 Å². The summed E-state index contributed by atoms with van der Waals surface area (Å²) in [4.78, 5) is 30.6. The smallest absolute Gasteiger partial charge is 0.550 e. The van der Waals surface area contributed by atoms with Gasteiger partial charge in [0.05, 0.1) is 0 Å². The fraction of sp³-hybridized carbons (Fsp3) is 0.938. The molecule has 0 aromatic heterocycles. The molecular weight excluding hydrogens is 794 g/mol. The Balaban J connectivity index is -0.000000351. The largest absolute Gasteiger partial charge is 3.00 e. The molecule has 0 atom stereocenters. The minimum Gasteiger partial charge on any atom is -0.550 e. The Morgan fingerprint density at radius 2 is 0.345 bits per heavy atom. The van der Waals surface area contributed by atoms with E-state index in [1.807, 2.05) is 0 Å². The van der Waals surface area contributed by atoms with Crippen molar-refractivity contribution in [2.24, 2.45) is 0 Å². The first-order valence-electron chi connectivity index (χ1n) is 23.9. The maximum Gasteiger partial charge on any atom is 3.00 e. The van der Waals surface area contributed by atoms with E-state index in [2.05, 4.69) is 20.8 Å². The van der Waals surface area contributed by atoms with Crippen molar-refractivity contribution in [3.05, 3.63) is 0 Å². The third kappa shape index (κ3) is 71.4. The molecule has 0 rings (SSSR count). The molecular formula is C48H93O6Sb. The molecule has 0 heterocycles. The number of carbonyl (C=O) groups is 3. The van der Waals surface area contributed by atoms with Crippen LogP contribution in [-0.4, -0.2) is 42.3 Å². The maximum absolute atomic E-state index is 10.2. The molecule has 0 spiro atoms. The average molecular weight is 888 g/mol. The number of carboxylic acid groups (broad SMARTS) is 3. The van der Waals surface area contributed by atoms with Crippen LogP contribution < -0.4 is 15.3 Å². The van der Waals surface area contributed by atoms with Gasteiger partial charge in [0.15, 0.2) is 0 Å². The van der Waals surface area contributed by atoms with Crippen LogP contribution in [0.15, 0.2) is 0 Å². The van der Waals surface area contributed by atoms with E-state index >= 15 is 0 Å². The molecule has 2 radical (unpaired) electrons. The molecule has 6 nitrogen and oxygen atoms in total. The fourth-order valence-electron chi connectivity index (χ4n) is 6.86. The minimum atomic E-state index is -0.905. The molecule has 0 aliphatic heterocycles. The zero-order valence-electron chi connectivity index (χ0n) is 37.1. The Labute approximate surface area is 360 Å². The third-order valence-corrected chi connectivity index (χ3v) is 10.5. The fourth-order valence-corrected chi connectivity index (χ4v) is 6.86. The zero-order valence-corrected chi connectivity index (χ0v) is 39.6. The van der Waals surface area contributed by atoms with Gasteiger partial charge in [-0.05, 0) is 38.5 Å². The number of carbonyl (C=O) groups excluding carboxylic acids is 3. The molecule has 0 amide bonds. The van der Waals surface area contributed by atoms with Gasteiger partial charge in [-0.25, -0.2) is 0 Å². The molecule has 0 aromatic carbocycles. The van der Waals surface area contributed by atoms with Crippen LogP contribution >= 0.6 is 0 Å². The summed E-state index contributed by atoms with van der Waals surface area (Å²) >= 11 is 0. The number of carboxylic acids is 3. The van der Waals surface area contributed by atoms with Gasteiger partial charge in [-0.1, -0.05) is 252 Å². The standard InChI is InChI=1S/3C16H32O2.Sb/c3*1-2-3-4-5-6-7-8-9-10-11-12-13-14-15-16(17)18;/h3*2-15H2,1H3,(H,17,18);/q;;;+3/p-3. The SMILES string of the molecule is CCCCCCCCCCCCCCCC(=O)[O-].CCCCCCCCCCCCCCCC(=O)[O-].CCCCCCCCCCCCCCCC(=O)[O-].[Sb+3]. The Kier molecular flexibility index (Phi) is 63.7. The van der Waals surface area contributed by atoms with Gasteiger partial charge < -0.3 is 29.7 Å². The molecule has 0 bridgehead atoms. The number of hydrogen-bond donors (Lipinski definition) is 0. The van der Waals surface area contributed by atoms with Gasteiger partial charge in [0.2, 0.25) is 0 Å². The minimum absolute atomic E-state index is 0. The summed E-state index contributed by atoms with van der Waals surface area (Å²) in [5, 5.41) is 30.6. The zero-order chi connectivity index (χ0) is 40.4. The van der Waals surface area contributed by atoms with E-state index < -0.39 is 17.9 Å². The van der Waals surface area contributed by atoms with Crippen LogP contribution in [0.2, 0.25) is 0 Å². The van der Waals surface area contributed by atoms with Crippen LogP contribution in [-0.2, 0) is 14.4 Å². The van der Waals surface area contributed by atoms with E-state index in [0.29, 0.717) is 0 Å². The topological polar surface area (TPSA) is 120 Å². The van der Waals surface area contributed by atoms with Crippen molar-refractivity contribution >= 4 is 42.3 Å². The van der Waals surface area contributed by atoms with Crippen molar-refractivity contribution in [1.29, 1.82) is 0 Å². The second kappa shape index (κ2) is 57.6. The molecule has 0 saturated heterocycles. The average Bonchev–Trinajstić information content (AvgIpc) is 3.14. The van der Waals surface area contributed by atoms with Crippen molar-refractivity contribution < 1.29 is 29.7 Å². The second-order valence-corrected chi connectivity index (χ2v) is 16.1. The Hall–Kier alpha value is -0.772. The Bertz CT molecular complexity index is 636. The molecule has 55 heavy (non-hydrogen) atoms. The summed E-state index contributed by atoms with van der Waals surface area (Å²) in [6, 6.07) is 0. The normalized spacial score (nSPS) is 10.5. The Morgan fingerprint density at radius 3 is 0.455 bits per heavy atom. The maximum atomic E-state index is 10.2. The number of aliphatic carboxylic acids is 3. The van der Waals surface area contributed by atoms with Crippen molar-refractivity contribution in [2.45, 2.75) is 290 Å². The van der Waals surface area contributed by atoms with Crippen molar-refractivity contribution in [3.8, 4) is 0 Å². The molecule has 0 aromatic rings. The Morgan fingerprint density at radius 1 is 0.236 bits per heavy atom. The predicted octanol–water partition coefficient (Wildman–Crippen LogP) is 12.3. The summed E-state index contributed by atoms with van der Waals surface area (Å²) in [5.41, 5.74) is 0. The van der Waals surface area contributed by atoms with Gasteiger partial charge in [-0.15, -0.1) is 0 Å². The van der Waals surface area contributed by atoms with E-state index in [1.54, 1.807) is 0 Å².